The lowest BCUT2D eigenvalue weighted by Gasteiger charge is -2.12. The molecule has 2 heterocycles. The average molecular weight is 291 g/mol. The number of rotatable bonds is 6. The van der Waals surface area contributed by atoms with Crippen molar-refractivity contribution < 1.29 is 14.3 Å². The molecule has 106 valence electrons. The Bertz CT molecular complexity index is 593. The van der Waals surface area contributed by atoms with Crippen LogP contribution in [0.5, 0.6) is 5.75 Å². The zero-order valence-corrected chi connectivity index (χ0v) is 12.6. The van der Waals surface area contributed by atoms with E-state index in [9.17, 15) is 4.79 Å². The third kappa shape index (κ3) is 3.23. The lowest BCUT2D eigenvalue weighted by atomic mass is 10.1. The molecule has 0 bridgehead atoms. The van der Waals surface area contributed by atoms with Crippen LogP contribution in [0.3, 0.4) is 0 Å². The van der Waals surface area contributed by atoms with Gasteiger partial charge in [-0.3, -0.25) is 4.79 Å². The largest absolute Gasteiger partial charge is 0.465 e. The topological polar surface area (TPSA) is 48.4 Å². The summed E-state index contributed by atoms with van der Waals surface area (Å²) in [4.78, 5) is 17.1. The molecule has 20 heavy (non-hydrogen) atoms. The minimum Gasteiger partial charge on any atom is -0.465 e. The van der Waals surface area contributed by atoms with Gasteiger partial charge in [0.2, 0.25) is 0 Å². The van der Waals surface area contributed by atoms with Crippen LogP contribution < -0.4 is 4.74 Å². The van der Waals surface area contributed by atoms with Gasteiger partial charge in [0.1, 0.15) is 11.4 Å². The second kappa shape index (κ2) is 6.63. The molecule has 0 fully saturated rings. The van der Waals surface area contributed by atoms with Crippen LogP contribution >= 0.6 is 11.3 Å². The van der Waals surface area contributed by atoms with E-state index in [2.05, 4.69) is 18.8 Å². The number of nitrogens with zero attached hydrogens (tertiary/aromatic N) is 1. The second-order valence-corrected chi connectivity index (χ2v) is 5.72. The minimum atomic E-state index is 0.168. The van der Waals surface area contributed by atoms with Crippen LogP contribution in [-0.4, -0.2) is 25.2 Å². The van der Waals surface area contributed by atoms with E-state index in [1.807, 2.05) is 18.2 Å². The Labute approximate surface area is 122 Å². The van der Waals surface area contributed by atoms with Crippen molar-refractivity contribution in [2.24, 2.45) is 0 Å². The minimum absolute atomic E-state index is 0.168. The number of hydrogen-bond acceptors (Lipinski definition) is 5. The van der Waals surface area contributed by atoms with E-state index >= 15 is 0 Å². The van der Waals surface area contributed by atoms with E-state index in [1.54, 1.807) is 13.2 Å². The third-order valence-electron chi connectivity index (χ3n) is 2.78. The maximum absolute atomic E-state index is 10.8. The monoisotopic (exact) mass is 291 g/mol. The first-order valence-electron chi connectivity index (χ1n) is 6.33. The van der Waals surface area contributed by atoms with Crippen molar-refractivity contribution in [2.75, 3.05) is 13.9 Å². The van der Waals surface area contributed by atoms with Gasteiger partial charge in [0.15, 0.2) is 13.1 Å². The Morgan fingerprint density at radius 2 is 2.10 bits per heavy atom. The van der Waals surface area contributed by atoms with Crippen molar-refractivity contribution in [1.29, 1.82) is 0 Å². The fourth-order valence-electron chi connectivity index (χ4n) is 1.74. The van der Waals surface area contributed by atoms with Gasteiger partial charge in [-0.1, -0.05) is 13.8 Å². The Hall–Kier alpha value is -1.72. The van der Waals surface area contributed by atoms with Crippen molar-refractivity contribution >= 4 is 17.6 Å². The maximum Gasteiger partial charge on any atom is 0.188 e. The van der Waals surface area contributed by atoms with Crippen molar-refractivity contribution in [3.05, 3.63) is 34.8 Å². The molecule has 2 aromatic rings. The number of carbonyl (C=O) groups excluding carboxylic acids is 1. The Morgan fingerprint density at radius 1 is 1.30 bits per heavy atom. The zero-order chi connectivity index (χ0) is 14.5. The molecule has 0 aromatic carbocycles. The number of thiophene rings is 1. The Morgan fingerprint density at radius 3 is 2.70 bits per heavy atom. The smallest absolute Gasteiger partial charge is 0.188 e. The summed E-state index contributed by atoms with van der Waals surface area (Å²) < 4.78 is 10.5. The van der Waals surface area contributed by atoms with Crippen LogP contribution in [0.4, 0.5) is 0 Å². The Kier molecular flexibility index (Phi) is 4.87. The molecule has 0 amide bonds. The molecular formula is C15H17NO3S. The lowest BCUT2D eigenvalue weighted by molar-refractivity contribution is 0.0513. The lowest BCUT2D eigenvalue weighted by Crippen LogP contribution is -2.03. The van der Waals surface area contributed by atoms with Crippen LogP contribution in [0.1, 0.15) is 35.1 Å². The summed E-state index contributed by atoms with van der Waals surface area (Å²) in [5.74, 6) is 0.992. The van der Waals surface area contributed by atoms with Crippen molar-refractivity contribution in [3.8, 4) is 16.3 Å². The first kappa shape index (κ1) is 14.7. The Balaban J connectivity index is 2.44. The summed E-state index contributed by atoms with van der Waals surface area (Å²) in [6.45, 7) is 4.35. The molecule has 0 radical (unpaired) electrons. The van der Waals surface area contributed by atoms with Gasteiger partial charge in [0, 0.05) is 12.8 Å². The first-order chi connectivity index (χ1) is 9.65. The highest BCUT2D eigenvalue weighted by Crippen LogP contribution is 2.34. The number of hydrogen-bond donors (Lipinski definition) is 0. The summed E-state index contributed by atoms with van der Waals surface area (Å²) >= 11 is 1.40. The van der Waals surface area contributed by atoms with Gasteiger partial charge in [-0.05, 0) is 30.2 Å². The van der Waals surface area contributed by atoms with Crippen LogP contribution in [0, 0.1) is 0 Å². The quantitative estimate of drug-likeness (QED) is 0.601. The highest BCUT2D eigenvalue weighted by molar-refractivity contribution is 7.17. The zero-order valence-electron chi connectivity index (χ0n) is 11.8. The molecule has 0 aliphatic heterocycles. The van der Waals surface area contributed by atoms with Crippen molar-refractivity contribution in [1.82, 2.24) is 4.98 Å². The average Bonchev–Trinajstić information content (AvgIpc) is 2.93. The summed E-state index contributed by atoms with van der Waals surface area (Å²) in [5, 5.41) is 0. The number of ether oxygens (including phenoxy) is 2. The van der Waals surface area contributed by atoms with Crippen LogP contribution in [0.25, 0.3) is 10.6 Å². The number of aromatic nitrogens is 1. The summed E-state index contributed by atoms with van der Waals surface area (Å²) in [7, 11) is 1.57. The van der Waals surface area contributed by atoms with Gasteiger partial charge in [0.25, 0.3) is 0 Å². The molecule has 2 aromatic heterocycles. The molecule has 0 saturated carbocycles. The number of aldehydes is 1. The molecule has 0 unspecified atom stereocenters. The molecule has 0 aliphatic rings. The van der Waals surface area contributed by atoms with Gasteiger partial charge in [-0.2, -0.15) is 0 Å². The van der Waals surface area contributed by atoms with E-state index in [0.29, 0.717) is 16.5 Å². The van der Waals surface area contributed by atoms with E-state index in [4.69, 9.17) is 9.47 Å². The van der Waals surface area contributed by atoms with E-state index in [1.165, 1.54) is 11.3 Å². The highest BCUT2D eigenvalue weighted by Gasteiger charge is 2.13. The summed E-state index contributed by atoms with van der Waals surface area (Å²) in [5.41, 5.74) is 1.75. The maximum atomic E-state index is 10.8. The molecule has 0 spiro atoms. The SMILES string of the molecule is COCOc1ccc(C(C)C)nc1-c1ccc(C=O)s1. The molecule has 0 atom stereocenters. The highest BCUT2D eigenvalue weighted by atomic mass is 32.1. The predicted molar refractivity (Wildman–Crippen MR) is 79.5 cm³/mol. The molecule has 4 nitrogen and oxygen atoms in total. The summed E-state index contributed by atoms with van der Waals surface area (Å²) in [6, 6.07) is 7.53. The van der Waals surface area contributed by atoms with Gasteiger partial charge in [0.05, 0.1) is 9.75 Å². The number of carbonyl (C=O) groups is 1. The van der Waals surface area contributed by atoms with E-state index in [0.717, 1.165) is 22.6 Å². The fourth-order valence-corrected chi connectivity index (χ4v) is 2.56. The normalized spacial score (nSPS) is 10.8. The van der Waals surface area contributed by atoms with Gasteiger partial charge in [-0.15, -0.1) is 11.3 Å². The molecule has 5 heteroatoms. The number of methoxy groups -OCH3 is 1. The molecule has 0 saturated heterocycles. The third-order valence-corrected chi connectivity index (χ3v) is 3.80. The van der Waals surface area contributed by atoms with E-state index < -0.39 is 0 Å². The van der Waals surface area contributed by atoms with Crippen LogP contribution in [0.15, 0.2) is 24.3 Å². The van der Waals surface area contributed by atoms with E-state index in [-0.39, 0.29) is 6.79 Å². The van der Waals surface area contributed by atoms with Gasteiger partial charge >= 0.3 is 0 Å². The van der Waals surface area contributed by atoms with Crippen molar-refractivity contribution in [3.63, 3.8) is 0 Å². The standard InChI is InChI=1S/C15H17NO3S/c1-10(2)12-5-6-13(19-9-18-3)15(16-12)14-7-4-11(8-17)20-14/h4-8,10H,9H2,1-3H3. The fraction of sp³-hybridized carbons (Fsp3) is 0.333. The van der Waals surface area contributed by atoms with Crippen LogP contribution in [0.2, 0.25) is 0 Å². The number of pyridine rings is 1. The molecule has 0 N–H and O–H groups in total. The predicted octanol–water partition coefficient (Wildman–Crippen LogP) is 3.73. The molecular weight excluding hydrogens is 274 g/mol. The first-order valence-corrected chi connectivity index (χ1v) is 7.15. The molecule has 2 rings (SSSR count). The molecule has 0 aliphatic carbocycles. The van der Waals surface area contributed by atoms with Gasteiger partial charge in [-0.25, -0.2) is 4.98 Å². The summed E-state index contributed by atoms with van der Waals surface area (Å²) in [6.07, 6.45) is 0.843. The van der Waals surface area contributed by atoms with Crippen LogP contribution in [-0.2, 0) is 4.74 Å². The van der Waals surface area contributed by atoms with Gasteiger partial charge < -0.3 is 9.47 Å². The van der Waals surface area contributed by atoms with Crippen molar-refractivity contribution in [2.45, 2.75) is 19.8 Å². The second-order valence-electron chi connectivity index (χ2n) is 4.61.